The molecule has 1 heterocycles. The minimum Gasteiger partial charge on any atom is -0.349 e. The van der Waals surface area contributed by atoms with Crippen LogP contribution in [0.2, 0.25) is 10.0 Å². The number of fused-ring (bicyclic) bond motifs is 1. The molecule has 4 aromatic rings. The third kappa shape index (κ3) is 6.31. The highest BCUT2D eigenvalue weighted by molar-refractivity contribution is 6.34. The number of rotatable bonds is 5. The van der Waals surface area contributed by atoms with Crippen LogP contribution in [0.5, 0.6) is 0 Å². The smallest absolute Gasteiger partial charge is 0.258 e. The molecule has 1 saturated carbocycles. The predicted molar refractivity (Wildman–Crippen MR) is 161 cm³/mol. The summed E-state index contributed by atoms with van der Waals surface area (Å²) in [5, 5.41) is 6.65. The Kier molecular flexibility index (Phi) is 8.41. The molecule has 7 nitrogen and oxygen atoms in total. The molecular formula is C29H26Cl3N5O2. The molecule has 0 aliphatic heterocycles. The fraction of sp³-hybridized carbons (Fsp3) is 0.207. The first-order chi connectivity index (χ1) is 18.2. The molecule has 39 heavy (non-hydrogen) atoms. The summed E-state index contributed by atoms with van der Waals surface area (Å²) in [6.07, 6.45) is 2.23. The number of halogens is 3. The van der Waals surface area contributed by atoms with Crippen molar-refractivity contribution in [2.75, 3.05) is 29.6 Å². The van der Waals surface area contributed by atoms with Gasteiger partial charge in [-0.15, -0.1) is 12.4 Å². The lowest BCUT2D eigenvalue weighted by Crippen LogP contribution is -2.16. The number of hydrogen-bond acceptors (Lipinski definition) is 4. The van der Waals surface area contributed by atoms with E-state index in [4.69, 9.17) is 23.2 Å². The summed E-state index contributed by atoms with van der Waals surface area (Å²) in [5.74, 6) is 6.53. The van der Waals surface area contributed by atoms with Gasteiger partial charge in [0.25, 0.3) is 11.8 Å². The molecule has 0 atom stereocenters. The summed E-state index contributed by atoms with van der Waals surface area (Å²) in [7, 11) is 3.69. The summed E-state index contributed by atoms with van der Waals surface area (Å²) in [5.41, 5.74) is 4.12. The Balaban J connectivity index is 0.00000353. The van der Waals surface area contributed by atoms with Crippen LogP contribution in [-0.2, 0) is 0 Å². The minimum absolute atomic E-state index is 0. The zero-order chi connectivity index (χ0) is 27.0. The molecule has 0 unspecified atom stereocenters. The Labute approximate surface area is 242 Å². The molecule has 10 heteroatoms. The summed E-state index contributed by atoms with van der Waals surface area (Å²) in [6.45, 7) is 1.83. The average Bonchev–Trinajstić information content (AvgIpc) is 3.61. The molecule has 0 bridgehead atoms. The van der Waals surface area contributed by atoms with E-state index in [9.17, 15) is 9.59 Å². The Morgan fingerprint density at radius 2 is 1.74 bits per heavy atom. The molecule has 0 saturated heterocycles. The zero-order valence-corrected chi connectivity index (χ0v) is 23.8. The maximum Gasteiger partial charge on any atom is 0.258 e. The van der Waals surface area contributed by atoms with Gasteiger partial charge >= 0.3 is 0 Å². The number of amides is 2. The molecule has 1 aliphatic carbocycles. The first kappa shape index (κ1) is 28.3. The minimum atomic E-state index is -0.409. The molecule has 1 aromatic heterocycles. The average molecular weight is 583 g/mol. The van der Waals surface area contributed by atoms with Crippen LogP contribution in [0.4, 0.5) is 17.3 Å². The SMILES string of the molecule is Cc1c(Cl)cccc1NC(=O)c1cc(NC(=O)c2cc(C#CC3CC3)ccc2Cl)cc2[nH]c(N(C)C)nc12.Cl. The van der Waals surface area contributed by atoms with Gasteiger partial charge in [0.15, 0.2) is 0 Å². The van der Waals surface area contributed by atoms with E-state index in [0.717, 1.165) is 24.0 Å². The summed E-state index contributed by atoms with van der Waals surface area (Å²) in [6, 6.07) is 13.8. The highest BCUT2D eigenvalue weighted by Crippen LogP contribution is 2.29. The van der Waals surface area contributed by atoms with Gasteiger partial charge in [0, 0.05) is 42.0 Å². The first-order valence-corrected chi connectivity index (χ1v) is 12.8. The predicted octanol–water partition coefficient (Wildman–Crippen LogP) is 6.93. The van der Waals surface area contributed by atoms with Crippen LogP contribution in [0.1, 0.15) is 44.7 Å². The quantitative estimate of drug-likeness (QED) is 0.223. The van der Waals surface area contributed by atoms with Crippen LogP contribution in [-0.4, -0.2) is 35.9 Å². The molecule has 3 N–H and O–H groups in total. The van der Waals surface area contributed by atoms with Crippen molar-refractivity contribution in [1.82, 2.24) is 9.97 Å². The number of aromatic amines is 1. The van der Waals surface area contributed by atoms with E-state index in [0.29, 0.717) is 49.9 Å². The molecule has 200 valence electrons. The van der Waals surface area contributed by atoms with Gasteiger partial charge in [0.2, 0.25) is 5.95 Å². The number of carbonyl (C=O) groups excluding carboxylic acids is 2. The van der Waals surface area contributed by atoms with E-state index in [1.165, 1.54) is 0 Å². The number of imidazole rings is 1. The fourth-order valence-corrected chi connectivity index (χ4v) is 4.26. The normalized spacial score (nSPS) is 12.2. The molecule has 0 spiro atoms. The second-order valence-electron chi connectivity index (χ2n) is 9.43. The molecule has 2 amide bonds. The van der Waals surface area contributed by atoms with E-state index >= 15 is 0 Å². The topological polar surface area (TPSA) is 90.1 Å². The van der Waals surface area contributed by atoms with Gasteiger partial charge in [-0.05, 0) is 67.8 Å². The van der Waals surface area contributed by atoms with Crippen LogP contribution < -0.4 is 15.5 Å². The van der Waals surface area contributed by atoms with Gasteiger partial charge in [0.05, 0.1) is 21.7 Å². The van der Waals surface area contributed by atoms with Crippen LogP contribution in [0.15, 0.2) is 48.5 Å². The molecule has 5 rings (SSSR count). The number of anilines is 3. The number of carbonyl (C=O) groups is 2. The molecule has 1 aliphatic rings. The van der Waals surface area contributed by atoms with Crippen LogP contribution in [0.3, 0.4) is 0 Å². The summed E-state index contributed by atoms with van der Waals surface area (Å²) in [4.78, 5) is 36.3. The molecule has 3 aromatic carbocycles. The van der Waals surface area contributed by atoms with Crippen molar-refractivity contribution in [1.29, 1.82) is 0 Å². The number of nitrogens with zero attached hydrogens (tertiary/aromatic N) is 2. The van der Waals surface area contributed by atoms with E-state index in [1.807, 2.05) is 21.0 Å². The standard InChI is InChI=1S/C29H25Cl2N5O2.ClH/c1-16-22(30)5-4-6-24(16)33-28(38)21-14-19(15-25-26(21)35-29(34-25)36(2)3)32-27(37)20-13-18(11-12-23(20)31)10-9-17-7-8-17;/h4-6,11-15,17H,7-8H2,1-3H3,(H,32,37)(H,33,38)(H,34,35);1H. The largest absolute Gasteiger partial charge is 0.349 e. The summed E-state index contributed by atoms with van der Waals surface area (Å²) < 4.78 is 0. The Hall–Kier alpha value is -3.70. The van der Waals surface area contributed by atoms with Crippen molar-refractivity contribution in [2.45, 2.75) is 19.8 Å². The van der Waals surface area contributed by atoms with Gasteiger partial charge in [0.1, 0.15) is 5.52 Å². The lowest BCUT2D eigenvalue weighted by Gasteiger charge is -2.12. The number of H-pyrrole nitrogens is 1. The second-order valence-corrected chi connectivity index (χ2v) is 10.2. The molecular weight excluding hydrogens is 557 g/mol. The van der Waals surface area contributed by atoms with Crippen molar-refractivity contribution >= 4 is 75.8 Å². The van der Waals surface area contributed by atoms with Crippen molar-refractivity contribution in [3.05, 3.63) is 80.8 Å². The van der Waals surface area contributed by atoms with Gasteiger partial charge < -0.3 is 20.5 Å². The third-order valence-electron chi connectivity index (χ3n) is 6.23. The number of benzene rings is 3. The highest BCUT2D eigenvalue weighted by Gasteiger charge is 2.20. The van der Waals surface area contributed by atoms with Gasteiger partial charge in [-0.3, -0.25) is 9.59 Å². The zero-order valence-electron chi connectivity index (χ0n) is 21.5. The number of hydrogen-bond donors (Lipinski definition) is 3. The van der Waals surface area contributed by atoms with E-state index in [2.05, 4.69) is 32.4 Å². The molecule has 0 radical (unpaired) electrons. The Morgan fingerprint density at radius 1 is 1.00 bits per heavy atom. The first-order valence-electron chi connectivity index (χ1n) is 12.1. The van der Waals surface area contributed by atoms with Crippen molar-refractivity contribution < 1.29 is 9.59 Å². The number of nitrogens with one attached hydrogen (secondary N) is 3. The van der Waals surface area contributed by atoms with Crippen molar-refractivity contribution in [3.63, 3.8) is 0 Å². The number of aromatic nitrogens is 2. The van der Waals surface area contributed by atoms with Crippen LogP contribution >= 0.6 is 35.6 Å². The third-order valence-corrected chi connectivity index (χ3v) is 6.96. The highest BCUT2D eigenvalue weighted by atomic mass is 35.5. The second kappa shape index (κ2) is 11.6. The van der Waals surface area contributed by atoms with Gasteiger partial charge in [-0.25, -0.2) is 4.98 Å². The van der Waals surface area contributed by atoms with Crippen molar-refractivity contribution in [3.8, 4) is 11.8 Å². The Morgan fingerprint density at radius 3 is 2.46 bits per heavy atom. The van der Waals surface area contributed by atoms with Crippen LogP contribution in [0, 0.1) is 24.7 Å². The van der Waals surface area contributed by atoms with E-state index in [-0.39, 0.29) is 23.9 Å². The van der Waals surface area contributed by atoms with Crippen molar-refractivity contribution in [2.24, 2.45) is 5.92 Å². The van der Waals surface area contributed by atoms with Crippen LogP contribution in [0.25, 0.3) is 11.0 Å². The Bertz CT molecular complexity index is 1650. The molecule has 1 fully saturated rings. The maximum absolute atomic E-state index is 13.4. The monoisotopic (exact) mass is 581 g/mol. The fourth-order valence-electron chi connectivity index (χ4n) is 3.88. The van der Waals surface area contributed by atoms with E-state index in [1.54, 1.807) is 53.4 Å². The summed E-state index contributed by atoms with van der Waals surface area (Å²) >= 11 is 12.6. The van der Waals surface area contributed by atoms with Gasteiger partial charge in [-0.1, -0.05) is 41.1 Å². The maximum atomic E-state index is 13.4. The lowest BCUT2D eigenvalue weighted by atomic mass is 10.1. The van der Waals surface area contributed by atoms with E-state index < -0.39 is 5.91 Å². The van der Waals surface area contributed by atoms with Gasteiger partial charge in [-0.2, -0.15) is 0 Å². The lowest BCUT2D eigenvalue weighted by molar-refractivity contribution is 0.101.